The Balaban J connectivity index is 1.91. The summed E-state index contributed by atoms with van der Waals surface area (Å²) in [5.41, 5.74) is 0.485. The van der Waals surface area contributed by atoms with Gasteiger partial charge in [0.2, 0.25) is 0 Å². The van der Waals surface area contributed by atoms with Crippen molar-refractivity contribution in [2.75, 3.05) is 6.54 Å². The van der Waals surface area contributed by atoms with Crippen molar-refractivity contribution in [3.8, 4) is 0 Å². The van der Waals surface area contributed by atoms with E-state index in [0.717, 1.165) is 23.7 Å². The summed E-state index contributed by atoms with van der Waals surface area (Å²) in [4.78, 5) is 11.9. The van der Waals surface area contributed by atoms with E-state index in [1.165, 1.54) is 0 Å². The van der Waals surface area contributed by atoms with Crippen LogP contribution in [0.4, 0.5) is 0 Å². The van der Waals surface area contributed by atoms with E-state index in [2.05, 4.69) is 21.2 Å². The Morgan fingerprint density at radius 2 is 2.28 bits per heavy atom. The van der Waals surface area contributed by atoms with E-state index >= 15 is 0 Å². The number of aliphatic hydroxyl groups excluding tert-OH is 1. The van der Waals surface area contributed by atoms with Gasteiger partial charge in [-0.2, -0.15) is 0 Å². The predicted octanol–water partition coefficient (Wildman–Crippen LogP) is 2.99. The topological polar surface area (TPSA) is 49.3 Å². The van der Waals surface area contributed by atoms with Crippen molar-refractivity contribution in [2.45, 2.75) is 25.4 Å². The first-order valence-electron chi connectivity index (χ1n) is 5.97. The quantitative estimate of drug-likeness (QED) is 0.894. The molecule has 1 amide bonds. The van der Waals surface area contributed by atoms with Crippen LogP contribution in [0.25, 0.3) is 0 Å². The van der Waals surface area contributed by atoms with Crippen LogP contribution < -0.4 is 5.32 Å². The number of aliphatic hydroxyl groups is 1. The number of halogens is 2. The summed E-state index contributed by atoms with van der Waals surface area (Å²) < 4.78 is 0.850. The SMILES string of the molecule is O=C(NCC1CCC(O)C1)c1ccc(Br)cc1Cl. The third-order valence-corrected chi connectivity index (χ3v) is 4.05. The summed E-state index contributed by atoms with van der Waals surface area (Å²) in [5.74, 6) is 0.215. The smallest absolute Gasteiger partial charge is 0.252 e. The molecular weight excluding hydrogens is 318 g/mol. The van der Waals surface area contributed by atoms with Crippen molar-refractivity contribution in [3.63, 3.8) is 0 Å². The lowest BCUT2D eigenvalue weighted by Gasteiger charge is -2.11. The summed E-state index contributed by atoms with van der Waals surface area (Å²) in [6.07, 6.45) is 2.37. The number of carbonyl (C=O) groups is 1. The molecule has 1 aromatic rings. The Morgan fingerprint density at radius 3 is 2.89 bits per heavy atom. The van der Waals surface area contributed by atoms with Crippen molar-refractivity contribution in [2.24, 2.45) is 5.92 Å². The minimum atomic E-state index is -0.205. The Labute approximate surface area is 120 Å². The molecule has 5 heteroatoms. The predicted molar refractivity (Wildman–Crippen MR) is 74.8 cm³/mol. The van der Waals surface area contributed by atoms with E-state index in [4.69, 9.17) is 11.6 Å². The second-order valence-corrected chi connectivity index (χ2v) is 5.99. The molecule has 2 atom stereocenters. The molecule has 0 radical (unpaired) electrons. The van der Waals surface area contributed by atoms with Crippen molar-refractivity contribution < 1.29 is 9.90 Å². The minimum Gasteiger partial charge on any atom is -0.393 e. The van der Waals surface area contributed by atoms with E-state index in [9.17, 15) is 9.90 Å². The summed E-state index contributed by atoms with van der Waals surface area (Å²) >= 11 is 9.31. The number of benzene rings is 1. The number of amides is 1. The van der Waals surface area contributed by atoms with Gasteiger partial charge in [-0.1, -0.05) is 27.5 Å². The molecule has 1 aliphatic rings. The van der Waals surface area contributed by atoms with Crippen LogP contribution in [0.3, 0.4) is 0 Å². The fraction of sp³-hybridized carbons (Fsp3) is 0.462. The zero-order valence-electron chi connectivity index (χ0n) is 9.83. The first-order chi connectivity index (χ1) is 8.56. The van der Waals surface area contributed by atoms with Gasteiger partial charge in [-0.25, -0.2) is 0 Å². The molecule has 1 aliphatic carbocycles. The molecule has 0 aliphatic heterocycles. The van der Waals surface area contributed by atoms with Crippen molar-refractivity contribution >= 4 is 33.4 Å². The zero-order chi connectivity index (χ0) is 13.1. The summed E-state index contributed by atoms with van der Waals surface area (Å²) in [5, 5.41) is 12.7. The maximum atomic E-state index is 11.9. The van der Waals surface area contributed by atoms with Crippen molar-refractivity contribution in [1.82, 2.24) is 5.32 Å². The Bertz CT molecular complexity index is 453. The maximum Gasteiger partial charge on any atom is 0.252 e. The number of hydrogen-bond acceptors (Lipinski definition) is 2. The third kappa shape index (κ3) is 3.46. The van der Waals surface area contributed by atoms with E-state index < -0.39 is 0 Å². The highest BCUT2D eigenvalue weighted by Crippen LogP contribution is 2.25. The molecule has 0 spiro atoms. The summed E-state index contributed by atoms with van der Waals surface area (Å²) in [6, 6.07) is 5.20. The van der Waals surface area contributed by atoms with Crippen LogP contribution in [-0.2, 0) is 0 Å². The number of nitrogens with one attached hydrogen (secondary N) is 1. The van der Waals surface area contributed by atoms with E-state index in [-0.39, 0.29) is 12.0 Å². The fourth-order valence-corrected chi connectivity index (χ4v) is 3.00. The molecule has 3 nitrogen and oxygen atoms in total. The van der Waals surface area contributed by atoms with E-state index in [1.54, 1.807) is 18.2 Å². The Morgan fingerprint density at radius 1 is 1.50 bits per heavy atom. The monoisotopic (exact) mass is 331 g/mol. The van der Waals surface area contributed by atoms with Gasteiger partial charge in [-0.3, -0.25) is 4.79 Å². The molecule has 2 rings (SSSR count). The van der Waals surface area contributed by atoms with E-state index in [1.807, 2.05) is 0 Å². The first-order valence-corrected chi connectivity index (χ1v) is 7.14. The molecule has 2 N–H and O–H groups in total. The highest BCUT2D eigenvalue weighted by molar-refractivity contribution is 9.10. The minimum absolute atomic E-state index is 0.158. The fourth-order valence-electron chi connectivity index (χ4n) is 2.24. The van der Waals surface area contributed by atoms with Crippen LogP contribution in [-0.4, -0.2) is 23.7 Å². The van der Waals surface area contributed by atoms with Gasteiger partial charge in [0.25, 0.3) is 5.91 Å². The molecular formula is C13H15BrClNO2. The molecule has 1 aromatic carbocycles. The highest BCUT2D eigenvalue weighted by atomic mass is 79.9. The second kappa shape index (κ2) is 6.04. The molecule has 0 saturated heterocycles. The molecule has 1 fully saturated rings. The lowest BCUT2D eigenvalue weighted by Crippen LogP contribution is -2.28. The van der Waals surface area contributed by atoms with Crippen LogP contribution >= 0.6 is 27.5 Å². The Kier molecular flexibility index (Phi) is 4.65. The number of carbonyl (C=O) groups excluding carboxylic acids is 1. The average Bonchev–Trinajstić information content (AvgIpc) is 2.72. The standard InChI is InChI=1S/C13H15BrClNO2/c14-9-2-4-11(12(15)6-9)13(18)16-7-8-1-3-10(17)5-8/h2,4,6,8,10,17H,1,3,5,7H2,(H,16,18). The maximum absolute atomic E-state index is 11.9. The lowest BCUT2D eigenvalue weighted by atomic mass is 10.1. The molecule has 1 saturated carbocycles. The lowest BCUT2D eigenvalue weighted by molar-refractivity contribution is 0.0945. The van der Waals surface area contributed by atoms with Crippen LogP contribution in [0.1, 0.15) is 29.6 Å². The van der Waals surface area contributed by atoms with Crippen molar-refractivity contribution in [3.05, 3.63) is 33.3 Å². The van der Waals surface area contributed by atoms with Crippen LogP contribution in [0.5, 0.6) is 0 Å². The van der Waals surface area contributed by atoms with Crippen LogP contribution in [0.15, 0.2) is 22.7 Å². The van der Waals surface area contributed by atoms with Crippen molar-refractivity contribution in [1.29, 1.82) is 0 Å². The first kappa shape index (κ1) is 13.8. The molecule has 0 aromatic heterocycles. The van der Waals surface area contributed by atoms with Crippen LogP contribution in [0.2, 0.25) is 5.02 Å². The summed E-state index contributed by atoms with van der Waals surface area (Å²) in [7, 11) is 0. The largest absolute Gasteiger partial charge is 0.393 e. The molecule has 0 heterocycles. The van der Waals surface area contributed by atoms with Gasteiger partial charge in [0.05, 0.1) is 16.7 Å². The third-order valence-electron chi connectivity index (χ3n) is 3.24. The number of rotatable bonds is 3. The van der Waals surface area contributed by atoms with E-state index in [0.29, 0.717) is 23.0 Å². The molecule has 2 unspecified atom stereocenters. The molecule has 0 bridgehead atoms. The van der Waals surface area contributed by atoms with Gasteiger partial charge in [0, 0.05) is 11.0 Å². The zero-order valence-corrected chi connectivity index (χ0v) is 12.2. The normalized spacial score (nSPS) is 23.1. The van der Waals surface area contributed by atoms with Crippen LogP contribution in [0, 0.1) is 5.92 Å². The average molecular weight is 333 g/mol. The van der Waals surface area contributed by atoms with Gasteiger partial charge >= 0.3 is 0 Å². The van der Waals surface area contributed by atoms with Gasteiger partial charge in [-0.15, -0.1) is 0 Å². The van der Waals surface area contributed by atoms with Gasteiger partial charge in [0.1, 0.15) is 0 Å². The number of hydrogen-bond donors (Lipinski definition) is 2. The van der Waals surface area contributed by atoms with Gasteiger partial charge in [-0.05, 0) is 43.4 Å². The Hall–Kier alpha value is -0.580. The van der Waals surface area contributed by atoms with Gasteiger partial charge < -0.3 is 10.4 Å². The highest BCUT2D eigenvalue weighted by Gasteiger charge is 2.23. The second-order valence-electron chi connectivity index (χ2n) is 4.67. The molecule has 98 valence electrons. The van der Waals surface area contributed by atoms with Gasteiger partial charge in [0.15, 0.2) is 0 Å². The molecule has 18 heavy (non-hydrogen) atoms. The summed E-state index contributed by atoms with van der Waals surface area (Å²) in [6.45, 7) is 0.599.